The summed E-state index contributed by atoms with van der Waals surface area (Å²) >= 11 is 0. The zero-order valence-corrected chi connectivity index (χ0v) is 12.2. The van der Waals surface area contributed by atoms with Crippen LogP contribution in [-0.2, 0) is 9.59 Å². The van der Waals surface area contributed by atoms with Crippen LogP contribution in [-0.4, -0.2) is 34.5 Å². The molecule has 108 valence electrons. The van der Waals surface area contributed by atoms with Gasteiger partial charge >= 0.3 is 5.97 Å². The molecule has 1 aliphatic carbocycles. The van der Waals surface area contributed by atoms with Gasteiger partial charge in [0.15, 0.2) is 0 Å². The molecule has 1 aromatic rings. The minimum absolute atomic E-state index is 0.0318. The second kappa shape index (κ2) is 5.65. The van der Waals surface area contributed by atoms with Gasteiger partial charge in [-0.15, -0.1) is 0 Å². The number of rotatable bonds is 5. The van der Waals surface area contributed by atoms with Crippen LogP contribution in [0.2, 0.25) is 0 Å². The molecule has 1 saturated carbocycles. The number of carbonyl (C=O) groups is 2. The number of hydrogen-bond acceptors (Lipinski definition) is 2. The predicted molar refractivity (Wildman–Crippen MR) is 76.5 cm³/mol. The smallest absolute Gasteiger partial charge is 0.323 e. The molecule has 20 heavy (non-hydrogen) atoms. The fourth-order valence-electron chi connectivity index (χ4n) is 2.69. The van der Waals surface area contributed by atoms with Gasteiger partial charge in [-0.1, -0.05) is 24.3 Å². The van der Waals surface area contributed by atoms with E-state index in [-0.39, 0.29) is 30.3 Å². The first-order valence-corrected chi connectivity index (χ1v) is 6.99. The summed E-state index contributed by atoms with van der Waals surface area (Å²) in [5, 5.41) is 8.92. The molecular formula is C16H21NO3. The van der Waals surface area contributed by atoms with Crippen LogP contribution in [0.3, 0.4) is 0 Å². The minimum Gasteiger partial charge on any atom is -0.480 e. The maximum absolute atomic E-state index is 12.4. The Morgan fingerprint density at radius 2 is 2.00 bits per heavy atom. The van der Waals surface area contributed by atoms with Crippen LogP contribution in [0.5, 0.6) is 0 Å². The summed E-state index contributed by atoms with van der Waals surface area (Å²) in [6.07, 6.45) is 0.826. The minimum atomic E-state index is -0.958. The summed E-state index contributed by atoms with van der Waals surface area (Å²) in [6, 6.07) is 8.00. The molecule has 0 heterocycles. The highest BCUT2D eigenvalue weighted by atomic mass is 16.4. The van der Waals surface area contributed by atoms with Gasteiger partial charge in [0.1, 0.15) is 6.54 Å². The molecule has 0 aliphatic heterocycles. The van der Waals surface area contributed by atoms with Gasteiger partial charge in [0, 0.05) is 12.0 Å². The van der Waals surface area contributed by atoms with E-state index < -0.39 is 5.97 Å². The highest BCUT2D eigenvalue weighted by Crippen LogP contribution is 2.49. The summed E-state index contributed by atoms with van der Waals surface area (Å²) in [5.41, 5.74) is 2.41. The van der Waals surface area contributed by atoms with Crippen molar-refractivity contribution < 1.29 is 14.7 Å². The highest BCUT2D eigenvalue weighted by molar-refractivity contribution is 5.86. The standard InChI is InChI=1S/C16H21NO3/c1-10(2)17(9-15(18)19)16(20)14-8-13(14)12-7-5-4-6-11(12)3/h4-7,10,13-14H,8-9H2,1-3H3,(H,18,19). The van der Waals surface area contributed by atoms with Crippen molar-refractivity contribution in [2.45, 2.75) is 39.2 Å². The Labute approximate surface area is 119 Å². The third-order valence-corrected chi connectivity index (χ3v) is 3.91. The zero-order valence-electron chi connectivity index (χ0n) is 12.2. The van der Waals surface area contributed by atoms with Crippen molar-refractivity contribution in [3.63, 3.8) is 0 Å². The lowest BCUT2D eigenvalue weighted by atomic mass is 10.0. The molecule has 4 heteroatoms. The van der Waals surface area contributed by atoms with E-state index >= 15 is 0 Å². The molecule has 1 amide bonds. The Morgan fingerprint density at radius 1 is 1.35 bits per heavy atom. The molecule has 2 rings (SSSR count). The lowest BCUT2D eigenvalue weighted by molar-refractivity contribution is -0.146. The van der Waals surface area contributed by atoms with Crippen molar-refractivity contribution in [2.24, 2.45) is 5.92 Å². The van der Waals surface area contributed by atoms with Gasteiger partial charge in [-0.25, -0.2) is 0 Å². The number of carboxylic acid groups (broad SMARTS) is 1. The van der Waals surface area contributed by atoms with Crippen molar-refractivity contribution in [2.75, 3.05) is 6.54 Å². The number of amides is 1. The second-order valence-corrected chi connectivity index (χ2v) is 5.76. The number of nitrogens with zero attached hydrogens (tertiary/aromatic N) is 1. The number of carbonyl (C=O) groups excluding carboxylic acids is 1. The topological polar surface area (TPSA) is 57.6 Å². The monoisotopic (exact) mass is 275 g/mol. The van der Waals surface area contributed by atoms with Crippen LogP contribution >= 0.6 is 0 Å². The number of hydrogen-bond donors (Lipinski definition) is 1. The van der Waals surface area contributed by atoms with E-state index in [1.165, 1.54) is 16.0 Å². The van der Waals surface area contributed by atoms with Gasteiger partial charge in [-0.3, -0.25) is 9.59 Å². The average molecular weight is 275 g/mol. The number of aryl methyl sites for hydroxylation is 1. The molecule has 1 aliphatic rings. The molecule has 0 spiro atoms. The van der Waals surface area contributed by atoms with E-state index in [1.54, 1.807) is 0 Å². The van der Waals surface area contributed by atoms with Gasteiger partial charge < -0.3 is 10.0 Å². The highest BCUT2D eigenvalue weighted by Gasteiger charge is 2.46. The summed E-state index contributed by atoms with van der Waals surface area (Å²) < 4.78 is 0. The van der Waals surface area contributed by atoms with Gasteiger partial charge in [-0.2, -0.15) is 0 Å². The molecule has 0 bridgehead atoms. The van der Waals surface area contributed by atoms with Gasteiger partial charge in [0.25, 0.3) is 0 Å². The first-order valence-electron chi connectivity index (χ1n) is 6.99. The van der Waals surface area contributed by atoms with Crippen LogP contribution in [0.15, 0.2) is 24.3 Å². The van der Waals surface area contributed by atoms with E-state index in [4.69, 9.17) is 5.11 Å². The quantitative estimate of drug-likeness (QED) is 0.897. The van der Waals surface area contributed by atoms with Crippen LogP contribution in [0.25, 0.3) is 0 Å². The number of carboxylic acids is 1. The van der Waals surface area contributed by atoms with Crippen molar-refractivity contribution in [1.82, 2.24) is 4.90 Å². The number of aliphatic carboxylic acids is 1. The molecule has 1 N–H and O–H groups in total. The molecular weight excluding hydrogens is 254 g/mol. The summed E-state index contributed by atoms with van der Waals surface area (Å²) in [4.78, 5) is 24.8. The van der Waals surface area contributed by atoms with E-state index in [0.717, 1.165) is 6.42 Å². The van der Waals surface area contributed by atoms with Crippen LogP contribution in [0.4, 0.5) is 0 Å². The molecule has 0 aromatic heterocycles. The molecule has 4 nitrogen and oxygen atoms in total. The number of benzene rings is 1. The fourth-order valence-corrected chi connectivity index (χ4v) is 2.69. The van der Waals surface area contributed by atoms with Gasteiger partial charge in [-0.05, 0) is 44.2 Å². The molecule has 1 fully saturated rings. The van der Waals surface area contributed by atoms with Crippen LogP contribution < -0.4 is 0 Å². The summed E-state index contributed by atoms with van der Waals surface area (Å²) in [7, 11) is 0. The molecule has 0 radical (unpaired) electrons. The molecule has 2 unspecified atom stereocenters. The normalized spacial score (nSPS) is 20.8. The SMILES string of the molecule is Cc1ccccc1C1CC1C(=O)N(CC(=O)O)C(C)C. The van der Waals surface area contributed by atoms with Gasteiger partial charge in [0.05, 0.1) is 0 Å². The average Bonchev–Trinajstić information content (AvgIpc) is 3.15. The van der Waals surface area contributed by atoms with E-state index in [0.29, 0.717) is 0 Å². The Balaban J connectivity index is 2.08. The molecule has 1 aromatic carbocycles. The lowest BCUT2D eigenvalue weighted by Crippen LogP contribution is -2.41. The first kappa shape index (κ1) is 14.6. The summed E-state index contributed by atoms with van der Waals surface area (Å²) in [6.45, 7) is 5.54. The zero-order chi connectivity index (χ0) is 14.9. The Morgan fingerprint density at radius 3 is 2.55 bits per heavy atom. The Kier molecular flexibility index (Phi) is 4.12. The molecule has 2 atom stereocenters. The first-order chi connectivity index (χ1) is 9.41. The maximum Gasteiger partial charge on any atom is 0.323 e. The van der Waals surface area contributed by atoms with Crippen LogP contribution in [0, 0.1) is 12.8 Å². The Hall–Kier alpha value is -1.84. The second-order valence-electron chi connectivity index (χ2n) is 5.76. The fraction of sp³-hybridized carbons (Fsp3) is 0.500. The van der Waals surface area contributed by atoms with Crippen molar-refractivity contribution in [3.8, 4) is 0 Å². The third kappa shape index (κ3) is 3.00. The van der Waals surface area contributed by atoms with E-state index in [2.05, 4.69) is 6.07 Å². The van der Waals surface area contributed by atoms with E-state index in [9.17, 15) is 9.59 Å². The lowest BCUT2D eigenvalue weighted by Gasteiger charge is -2.25. The predicted octanol–water partition coefficient (Wildman–Crippen LogP) is 2.42. The van der Waals surface area contributed by atoms with Gasteiger partial charge in [0.2, 0.25) is 5.91 Å². The summed E-state index contributed by atoms with van der Waals surface area (Å²) in [5.74, 6) is -0.799. The largest absolute Gasteiger partial charge is 0.480 e. The van der Waals surface area contributed by atoms with Crippen molar-refractivity contribution >= 4 is 11.9 Å². The molecule has 0 saturated heterocycles. The Bertz CT molecular complexity index is 524. The van der Waals surface area contributed by atoms with Crippen LogP contribution in [0.1, 0.15) is 37.3 Å². The van der Waals surface area contributed by atoms with Crippen molar-refractivity contribution in [1.29, 1.82) is 0 Å². The third-order valence-electron chi connectivity index (χ3n) is 3.91. The van der Waals surface area contributed by atoms with E-state index in [1.807, 2.05) is 39.0 Å². The maximum atomic E-state index is 12.4. The van der Waals surface area contributed by atoms with Crippen molar-refractivity contribution in [3.05, 3.63) is 35.4 Å².